The number of carbonyl (C=O) groups is 5. The van der Waals surface area contributed by atoms with Crippen LogP contribution in [0.3, 0.4) is 0 Å². The first kappa shape index (κ1) is 31.0. The number of hydrogen-bond acceptors (Lipinski definition) is 8. The molecule has 2 aromatic heterocycles. The zero-order valence-corrected chi connectivity index (χ0v) is 22.3. The summed E-state index contributed by atoms with van der Waals surface area (Å²) in [7, 11) is 0. The fourth-order valence-electron chi connectivity index (χ4n) is 3.36. The lowest BCUT2D eigenvalue weighted by atomic mass is 10.1. The van der Waals surface area contributed by atoms with E-state index in [9.17, 15) is 28.8 Å². The maximum absolute atomic E-state index is 13.0. The first-order valence-corrected chi connectivity index (χ1v) is 13.2. The van der Waals surface area contributed by atoms with Crippen LogP contribution in [0.2, 0.25) is 0 Å². The Morgan fingerprint density at radius 2 is 1.92 bits per heavy atom. The van der Waals surface area contributed by atoms with E-state index in [-0.39, 0.29) is 44.0 Å². The monoisotopic (exact) mass is 560 g/mol. The summed E-state index contributed by atoms with van der Waals surface area (Å²) in [4.78, 5) is 73.7. The van der Waals surface area contributed by atoms with Gasteiger partial charge in [-0.2, -0.15) is 0 Å². The van der Waals surface area contributed by atoms with E-state index in [0.717, 1.165) is 9.44 Å². The molecule has 1 atom stereocenters. The van der Waals surface area contributed by atoms with Crippen molar-refractivity contribution in [3.63, 3.8) is 0 Å². The van der Waals surface area contributed by atoms with E-state index in [1.165, 1.54) is 30.5 Å². The third-order valence-electron chi connectivity index (χ3n) is 5.25. The highest BCUT2D eigenvalue weighted by atomic mass is 32.1. The second kappa shape index (κ2) is 16.6. The Balaban J connectivity index is 2.03. The number of rotatable bonds is 16. The summed E-state index contributed by atoms with van der Waals surface area (Å²) < 4.78 is 5.94. The number of esters is 1. The quantitative estimate of drug-likeness (QED) is 0.176. The molecule has 0 radical (unpaired) electrons. The van der Waals surface area contributed by atoms with E-state index in [4.69, 9.17) is 9.84 Å². The van der Waals surface area contributed by atoms with E-state index < -0.39 is 41.8 Å². The first-order valence-electron chi connectivity index (χ1n) is 12.3. The summed E-state index contributed by atoms with van der Waals surface area (Å²) in [6.07, 6.45) is 4.29. The van der Waals surface area contributed by atoms with E-state index in [2.05, 4.69) is 16.0 Å². The number of allylic oxidation sites excluding steroid dienone is 1. The van der Waals surface area contributed by atoms with Crippen LogP contribution in [0, 0.1) is 0 Å². The number of pyridine rings is 1. The number of amides is 3. The molecule has 0 saturated carbocycles. The zero-order valence-electron chi connectivity index (χ0n) is 21.5. The van der Waals surface area contributed by atoms with Gasteiger partial charge in [0.05, 0.1) is 13.0 Å². The molecule has 0 aliphatic carbocycles. The Morgan fingerprint density at radius 3 is 2.62 bits per heavy atom. The molecule has 210 valence electrons. The van der Waals surface area contributed by atoms with Gasteiger partial charge in [-0.1, -0.05) is 12.1 Å². The molecule has 0 saturated heterocycles. The van der Waals surface area contributed by atoms with Crippen molar-refractivity contribution < 1.29 is 33.8 Å². The number of anilines is 1. The number of carbonyl (C=O) groups excluding carboxylic acids is 4. The van der Waals surface area contributed by atoms with Crippen LogP contribution in [-0.4, -0.2) is 58.5 Å². The van der Waals surface area contributed by atoms with Crippen molar-refractivity contribution in [3.8, 4) is 0 Å². The van der Waals surface area contributed by atoms with Crippen molar-refractivity contribution >= 4 is 46.7 Å². The van der Waals surface area contributed by atoms with Gasteiger partial charge in [-0.15, -0.1) is 11.3 Å². The summed E-state index contributed by atoms with van der Waals surface area (Å²) >= 11 is 1.58. The Labute approximate surface area is 229 Å². The highest BCUT2D eigenvalue weighted by molar-refractivity contribution is 7.09. The Hall–Kier alpha value is -4.26. The molecule has 0 fully saturated rings. The number of carboxylic acids is 1. The summed E-state index contributed by atoms with van der Waals surface area (Å²) in [5, 5.41) is 18.4. The number of carboxylic acid groups (broad SMARTS) is 1. The standard InChI is InChI=1S/C26H32N4O8S/c1-2-38-24(35)10-4-3-8-19(28-21(31)11-12-23(33)34)25(36)29-20-9-5-15-30(26(20)37)17-22(32)27-14-13-18-7-6-16-39-18/h4-7,9-10,15-16,19H,2-3,8,11-14,17H2,1H3,(H,27,32)(H,28,31)(H,29,36)(H,33,34). The lowest BCUT2D eigenvalue weighted by molar-refractivity contribution is -0.139. The summed E-state index contributed by atoms with van der Waals surface area (Å²) in [5.41, 5.74) is -0.710. The minimum atomic E-state index is -1.16. The molecule has 2 rings (SSSR count). The molecule has 0 aliphatic rings. The smallest absolute Gasteiger partial charge is 0.330 e. The minimum Gasteiger partial charge on any atom is -0.481 e. The predicted molar refractivity (Wildman–Crippen MR) is 144 cm³/mol. The maximum atomic E-state index is 13.0. The lowest BCUT2D eigenvalue weighted by Gasteiger charge is -2.18. The molecule has 12 nitrogen and oxygen atoms in total. The van der Waals surface area contributed by atoms with Crippen LogP contribution in [-0.2, 0) is 41.7 Å². The van der Waals surface area contributed by atoms with Gasteiger partial charge < -0.3 is 30.4 Å². The average molecular weight is 561 g/mol. The van der Waals surface area contributed by atoms with Gasteiger partial charge in [-0.25, -0.2) is 4.79 Å². The Morgan fingerprint density at radius 1 is 1.13 bits per heavy atom. The van der Waals surface area contributed by atoms with Crippen LogP contribution < -0.4 is 21.5 Å². The molecule has 3 amide bonds. The van der Waals surface area contributed by atoms with Crippen LogP contribution in [0.5, 0.6) is 0 Å². The average Bonchev–Trinajstić information content (AvgIpc) is 3.40. The SMILES string of the molecule is CCOC(=O)C=CCCC(NC(=O)CCC(=O)O)C(=O)Nc1cccn(CC(=O)NCCc2cccs2)c1=O. The molecule has 0 aromatic carbocycles. The normalized spacial score (nSPS) is 11.5. The molecular weight excluding hydrogens is 528 g/mol. The van der Waals surface area contributed by atoms with Crippen LogP contribution >= 0.6 is 11.3 Å². The number of nitrogens with one attached hydrogen (secondary N) is 3. The highest BCUT2D eigenvalue weighted by Gasteiger charge is 2.22. The first-order chi connectivity index (χ1) is 18.7. The van der Waals surface area contributed by atoms with Crippen LogP contribution in [0.4, 0.5) is 5.69 Å². The van der Waals surface area contributed by atoms with E-state index >= 15 is 0 Å². The second-order valence-electron chi connectivity index (χ2n) is 8.27. The third-order valence-corrected chi connectivity index (χ3v) is 6.18. The van der Waals surface area contributed by atoms with Gasteiger partial charge in [0.25, 0.3) is 5.56 Å². The van der Waals surface area contributed by atoms with Gasteiger partial charge in [-0.3, -0.25) is 24.0 Å². The van der Waals surface area contributed by atoms with Crippen LogP contribution in [0.1, 0.15) is 37.5 Å². The molecule has 13 heteroatoms. The molecule has 2 heterocycles. The van der Waals surface area contributed by atoms with Gasteiger partial charge in [0.15, 0.2) is 0 Å². The largest absolute Gasteiger partial charge is 0.481 e. The predicted octanol–water partition coefficient (Wildman–Crippen LogP) is 1.46. The number of aromatic nitrogens is 1. The molecule has 2 aromatic rings. The Kier molecular flexibility index (Phi) is 13.1. The van der Waals surface area contributed by atoms with Crippen molar-refractivity contribution in [1.29, 1.82) is 0 Å². The summed E-state index contributed by atoms with van der Waals surface area (Å²) in [6, 6.07) is 5.64. The van der Waals surface area contributed by atoms with Gasteiger partial charge >= 0.3 is 11.9 Å². The van der Waals surface area contributed by atoms with Gasteiger partial charge in [0, 0.05) is 30.1 Å². The number of thiophene rings is 1. The highest BCUT2D eigenvalue weighted by Crippen LogP contribution is 2.08. The molecule has 0 bridgehead atoms. The lowest BCUT2D eigenvalue weighted by Crippen LogP contribution is -2.44. The minimum absolute atomic E-state index is 0.0637. The van der Waals surface area contributed by atoms with E-state index in [1.54, 1.807) is 18.3 Å². The number of ether oxygens (including phenoxy) is 1. The van der Waals surface area contributed by atoms with Gasteiger partial charge in [0.1, 0.15) is 18.3 Å². The van der Waals surface area contributed by atoms with Gasteiger partial charge in [0.2, 0.25) is 17.7 Å². The van der Waals surface area contributed by atoms with Crippen molar-refractivity contribution in [3.05, 3.63) is 63.2 Å². The third kappa shape index (κ3) is 11.8. The Bertz CT molecular complexity index is 1220. The van der Waals surface area contributed by atoms with E-state index in [1.807, 2.05) is 17.5 Å². The molecule has 0 aliphatic heterocycles. The van der Waals surface area contributed by atoms with Crippen molar-refractivity contribution in [2.75, 3.05) is 18.5 Å². The molecular formula is C26H32N4O8S. The van der Waals surface area contributed by atoms with Crippen molar-refractivity contribution in [1.82, 2.24) is 15.2 Å². The van der Waals surface area contributed by atoms with E-state index in [0.29, 0.717) is 13.0 Å². The van der Waals surface area contributed by atoms with Crippen molar-refractivity contribution in [2.45, 2.75) is 51.6 Å². The fraction of sp³-hybridized carbons (Fsp3) is 0.385. The topological polar surface area (TPSA) is 173 Å². The molecule has 1 unspecified atom stereocenters. The zero-order chi connectivity index (χ0) is 28.6. The summed E-state index contributed by atoms with van der Waals surface area (Å²) in [5.74, 6) is -3.45. The molecule has 0 spiro atoms. The number of hydrogen-bond donors (Lipinski definition) is 4. The molecule has 4 N–H and O–H groups in total. The second-order valence-corrected chi connectivity index (χ2v) is 9.30. The van der Waals surface area contributed by atoms with Crippen LogP contribution in [0.15, 0.2) is 52.8 Å². The number of aliphatic carboxylic acids is 1. The van der Waals surface area contributed by atoms with Gasteiger partial charge in [-0.05, 0) is 49.8 Å². The maximum Gasteiger partial charge on any atom is 0.330 e. The van der Waals surface area contributed by atoms with Crippen molar-refractivity contribution in [2.24, 2.45) is 0 Å². The molecule has 39 heavy (non-hydrogen) atoms. The van der Waals surface area contributed by atoms with Crippen LogP contribution in [0.25, 0.3) is 0 Å². The summed E-state index contributed by atoms with van der Waals surface area (Å²) in [6.45, 7) is 2.04. The number of nitrogens with zero attached hydrogens (tertiary/aromatic N) is 1. The fourth-order valence-corrected chi connectivity index (χ4v) is 4.06.